The van der Waals surface area contributed by atoms with E-state index in [0.717, 1.165) is 38.5 Å². The van der Waals surface area contributed by atoms with Crippen molar-refractivity contribution in [1.82, 2.24) is 0 Å². The van der Waals surface area contributed by atoms with Crippen molar-refractivity contribution in [2.45, 2.75) is 111 Å². The second-order valence-electron chi connectivity index (χ2n) is 7.94. The van der Waals surface area contributed by atoms with Crippen LogP contribution in [0.1, 0.15) is 98.8 Å². The monoisotopic (exact) mass is 503 g/mol. The Balaban J connectivity index is 0. The number of carbonyl (C=O) groups excluding carboxylic acids is 3. The number of ketones is 1. The first-order valence-corrected chi connectivity index (χ1v) is 13.3. The molecule has 2 N–H and O–H groups in total. The number of hydrogen-bond acceptors (Lipinski definition) is 6. The number of carbonyl (C=O) groups is 3. The molecule has 0 aromatic carbocycles. The molecule has 0 rings (SSSR count). The van der Waals surface area contributed by atoms with Crippen molar-refractivity contribution < 1.29 is 23.9 Å². The molecular formula is C30H49NO5. The predicted octanol–water partition coefficient (Wildman–Crippen LogP) is 7.06. The Morgan fingerprint density at radius 1 is 0.750 bits per heavy atom. The van der Waals surface area contributed by atoms with E-state index in [1.54, 1.807) is 0 Å². The number of hydrogen-bond donors (Lipinski definition) is 1. The third-order valence-electron chi connectivity index (χ3n) is 4.60. The molecule has 2 unspecified atom stereocenters. The van der Waals surface area contributed by atoms with Gasteiger partial charge in [-0.3, -0.25) is 9.59 Å². The van der Waals surface area contributed by atoms with Crippen LogP contribution >= 0.6 is 0 Å². The molecule has 0 radical (unpaired) electrons. The van der Waals surface area contributed by atoms with Gasteiger partial charge in [-0.1, -0.05) is 81.5 Å². The summed E-state index contributed by atoms with van der Waals surface area (Å²) in [6.45, 7) is 9.04. The second-order valence-corrected chi connectivity index (χ2v) is 7.94. The SMILES string of the molecule is CC.CC/C=C\C/C=C\C/C=C\C/C=C\C/C=C\CCCC(=O)OC(C)OC(=O)C(N)CCC(C)=O. The van der Waals surface area contributed by atoms with Crippen LogP contribution in [-0.4, -0.2) is 30.1 Å². The lowest BCUT2D eigenvalue weighted by Gasteiger charge is -2.16. The number of unbranched alkanes of at least 4 members (excludes halogenated alkanes) is 1. The maximum Gasteiger partial charge on any atom is 0.325 e. The van der Waals surface area contributed by atoms with Crippen molar-refractivity contribution in [3.63, 3.8) is 0 Å². The molecule has 0 aliphatic heterocycles. The van der Waals surface area contributed by atoms with Gasteiger partial charge in [-0.15, -0.1) is 0 Å². The number of esters is 2. The lowest BCUT2D eigenvalue weighted by atomic mass is 10.1. The van der Waals surface area contributed by atoms with E-state index in [4.69, 9.17) is 15.2 Å². The molecule has 36 heavy (non-hydrogen) atoms. The number of ether oxygens (including phenoxy) is 2. The van der Waals surface area contributed by atoms with Gasteiger partial charge >= 0.3 is 11.9 Å². The summed E-state index contributed by atoms with van der Waals surface area (Å²) >= 11 is 0. The highest BCUT2D eigenvalue weighted by molar-refractivity contribution is 5.79. The van der Waals surface area contributed by atoms with E-state index in [0.29, 0.717) is 6.42 Å². The van der Waals surface area contributed by atoms with E-state index >= 15 is 0 Å². The molecule has 204 valence electrons. The van der Waals surface area contributed by atoms with Crippen LogP contribution in [0.4, 0.5) is 0 Å². The van der Waals surface area contributed by atoms with E-state index in [2.05, 4.69) is 61.6 Å². The molecule has 6 nitrogen and oxygen atoms in total. The second kappa shape index (κ2) is 26.9. The highest BCUT2D eigenvalue weighted by Gasteiger charge is 2.20. The molecule has 0 aliphatic rings. The molecular weight excluding hydrogens is 454 g/mol. The standard InChI is InChI=1S/C28H43NO5.C2H6/c1-4-5-6-7-8-9-10-11-12-13-14-15-16-17-18-19-20-21-27(31)33-25(3)34-28(32)26(29)23-22-24(2)30;1-2/h5-6,8-9,11-12,14-15,17-18,25-26H,4,7,10,13,16,19-23,29H2,1-3H3;1-2H3/b6-5-,9-8-,12-11-,15-14-,18-17-;. The van der Waals surface area contributed by atoms with Crippen molar-refractivity contribution in [3.05, 3.63) is 60.8 Å². The number of nitrogens with two attached hydrogens (primary N) is 1. The third kappa shape index (κ3) is 25.9. The Morgan fingerprint density at radius 2 is 1.22 bits per heavy atom. The van der Waals surface area contributed by atoms with Crippen molar-refractivity contribution in [1.29, 1.82) is 0 Å². The predicted molar refractivity (Wildman–Crippen MR) is 149 cm³/mol. The molecule has 0 aromatic heterocycles. The number of allylic oxidation sites excluding steroid dienone is 10. The van der Waals surface area contributed by atoms with Gasteiger partial charge in [0.1, 0.15) is 11.8 Å². The van der Waals surface area contributed by atoms with Gasteiger partial charge in [0.05, 0.1) is 0 Å². The van der Waals surface area contributed by atoms with Crippen molar-refractivity contribution in [2.24, 2.45) is 5.73 Å². The molecule has 0 bridgehead atoms. The summed E-state index contributed by atoms with van der Waals surface area (Å²) < 4.78 is 10.1. The van der Waals surface area contributed by atoms with Crippen LogP contribution < -0.4 is 5.73 Å². The molecule has 0 saturated carbocycles. The molecule has 6 heteroatoms. The largest absolute Gasteiger partial charge is 0.425 e. The highest BCUT2D eigenvalue weighted by Crippen LogP contribution is 2.06. The summed E-state index contributed by atoms with van der Waals surface area (Å²) in [6, 6.07) is -0.902. The fourth-order valence-electron chi connectivity index (χ4n) is 2.73. The zero-order chi connectivity index (χ0) is 27.4. The molecule has 2 atom stereocenters. The normalized spacial score (nSPS) is 13.4. The molecule has 0 aromatic rings. The van der Waals surface area contributed by atoms with E-state index in [1.165, 1.54) is 13.8 Å². The maximum absolute atomic E-state index is 11.8. The van der Waals surface area contributed by atoms with Crippen LogP contribution in [0.5, 0.6) is 0 Å². The van der Waals surface area contributed by atoms with E-state index in [-0.39, 0.29) is 25.0 Å². The van der Waals surface area contributed by atoms with Gasteiger partial charge in [0.25, 0.3) is 0 Å². The lowest BCUT2D eigenvalue weighted by Crippen LogP contribution is -2.35. The van der Waals surface area contributed by atoms with E-state index < -0.39 is 24.3 Å². The minimum absolute atomic E-state index is 0.0461. The van der Waals surface area contributed by atoms with Crippen LogP contribution in [0.15, 0.2) is 60.8 Å². The lowest BCUT2D eigenvalue weighted by molar-refractivity contribution is -0.185. The van der Waals surface area contributed by atoms with Gasteiger partial charge in [0.15, 0.2) is 0 Å². The topological polar surface area (TPSA) is 95.7 Å². The quantitative estimate of drug-likeness (QED) is 0.0877. The average Bonchev–Trinajstić information content (AvgIpc) is 2.85. The van der Waals surface area contributed by atoms with Gasteiger partial charge in [-0.25, -0.2) is 0 Å². The smallest absolute Gasteiger partial charge is 0.325 e. The van der Waals surface area contributed by atoms with Crippen LogP contribution in [0, 0.1) is 0 Å². The van der Waals surface area contributed by atoms with Gasteiger partial charge < -0.3 is 20.0 Å². The highest BCUT2D eigenvalue weighted by atomic mass is 16.7. The van der Waals surface area contributed by atoms with Gasteiger partial charge in [0, 0.05) is 19.8 Å². The minimum atomic E-state index is -1.00. The minimum Gasteiger partial charge on any atom is -0.425 e. The Bertz CT molecular complexity index is 719. The fourth-order valence-corrected chi connectivity index (χ4v) is 2.73. The van der Waals surface area contributed by atoms with Crippen molar-refractivity contribution in [3.8, 4) is 0 Å². The molecule has 0 amide bonds. The van der Waals surface area contributed by atoms with E-state index in [9.17, 15) is 14.4 Å². The van der Waals surface area contributed by atoms with Crippen LogP contribution in [-0.2, 0) is 23.9 Å². The Labute approximate surface area is 219 Å². The average molecular weight is 504 g/mol. The van der Waals surface area contributed by atoms with Crippen LogP contribution in [0.25, 0.3) is 0 Å². The molecule has 0 aliphatic carbocycles. The zero-order valence-electron chi connectivity index (χ0n) is 23.1. The first-order chi connectivity index (χ1) is 17.4. The molecule has 0 spiro atoms. The van der Waals surface area contributed by atoms with Gasteiger partial charge in [-0.05, 0) is 58.3 Å². The van der Waals surface area contributed by atoms with Crippen LogP contribution in [0.2, 0.25) is 0 Å². The van der Waals surface area contributed by atoms with Gasteiger partial charge in [-0.2, -0.15) is 0 Å². The maximum atomic E-state index is 11.8. The summed E-state index contributed by atoms with van der Waals surface area (Å²) in [6.07, 6.45) is 27.4. The zero-order valence-corrected chi connectivity index (χ0v) is 23.1. The summed E-state index contributed by atoms with van der Waals surface area (Å²) in [5.41, 5.74) is 5.66. The fraction of sp³-hybridized carbons (Fsp3) is 0.567. The van der Waals surface area contributed by atoms with Gasteiger partial charge in [0.2, 0.25) is 6.29 Å². The first-order valence-electron chi connectivity index (χ1n) is 13.3. The third-order valence-corrected chi connectivity index (χ3v) is 4.60. The summed E-state index contributed by atoms with van der Waals surface area (Å²) in [5.74, 6) is -1.15. The number of Topliss-reactive ketones (excluding diaryl/α,β-unsaturated/α-hetero) is 1. The van der Waals surface area contributed by atoms with Crippen molar-refractivity contribution in [2.75, 3.05) is 0 Å². The Morgan fingerprint density at radius 3 is 1.69 bits per heavy atom. The molecule has 0 saturated heterocycles. The van der Waals surface area contributed by atoms with Crippen LogP contribution in [0.3, 0.4) is 0 Å². The Hall–Kier alpha value is -2.73. The summed E-state index contributed by atoms with van der Waals surface area (Å²) in [4.78, 5) is 34.6. The summed E-state index contributed by atoms with van der Waals surface area (Å²) in [7, 11) is 0. The molecule has 0 heterocycles. The number of rotatable bonds is 19. The first kappa shape index (κ1) is 35.4. The van der Waals surface area contributed by atoms with Crippen molar-refractivity contribution >= 4 is 17.7 Å². The summed E-state index contributed by atoms with van der Waals surface area (Å²) in [5, 5.41) is 0. The molecule has 0 fully saturated rings. The van der Waals surface area contributed by atoms with E-state index in [1.807, 2.05) is 19.9 Å². The Kier molecular flexibility index (Phi) is 26.4.